The second-order valence-corrected chi connectivity index (χ2v) is 3.89. The summed E-state index contributed by atoms with van der Waals surface area (Å²) in [6.07, 6.45) is 2.40. The molecule has 0 amide bonds. The molecule has 1 fully saturated rings. The highest BCUT2D eigenvalue weighted by atomic mass is 16.3. The van der Waals surface area contributed by atoms with Gasteiger partial charge >= 0.3 is 0 Å². The van der Waals surface area contributed by atoms with Gasteiger partial charge in [0.1, 0.15) is 12.4 Å². The van der Waals surface area contributed by atoms with Crippen LogP contribution < -0.4 is 0 Å². The Morgan fingerprint density at radius 1 is 1.46 bits per heavy atom. The number of aliphatic hydroxyl groups excluding tert-OH is 1. The molecule has 4 heteroatoms. The van der Waals surface area contributed by atoms with Gasteiger partial charge in [0.05, 0.1) is 0 Å². The maximum absolute atomic E-state index is 9.07. The molecular weight excluding hydrogens is 166 g/mol. The van der Waals surface area contributed by atoms with Crippen LogP contribution >= 0.6 is 0 Å². The van der Waals surface area contributed by atoms with Gasteiger partial charge in [-0.1, -0.05) is 13.8 Å². The lowest BCUT2D eigenvalue weighted by atomic mass is 10.2. The first-order valence-electron chi connectivity index (χ1n) is 4.78. The number of aliphatic hydroxyl groups is 1. The van der Waals surface area contributed by atoms with E-state index in [1.54, 1.807) is 0 Å². The summed E-state index contributed by atoms with van der Waals surface area (Å²) in [6.45, 7) is 4.20. The minimum Gasteiger partial charge on any atom is -0.388 e. The van der Waals surface area contributed by atoms with Gasteiger partial charge in [0.2, 0.25) is 0 Å². The molecule has 2 rings (SSSR count). The number of aromatic nitrogens is 3. The lowest BCUT2D eigenvalue weighted by Gasteiger charge is -2.09. The van der Waals surface area contributed by atoms with Crippen molar-refractivity contribution in [2.75, 3.05) is 0 Å². The molecule has 1 aliphatic carbocycles. The zero-order valence-corrected chi connectivity index (χ0v) is 8.06. The van der Waals surface area contributed by atoms with Crippen LogP contribution in [-0.2, 0) is 6.61 Å². The first kappa shape index (κ1) is 8.69. The van der Waals surface area contributed by atoms with E-state index < -0.39 is 0 Å². The molecule has 0 saturated heterocycles. The Kier molecular flexibility index (Phi) is 2.07. The molecular formula is C9H15N3O. The predicted molar refractivity (Wildman–Crippen MR) is 48.3 cm³/mol. The average Bonchev–Trinajstić information content (AvgIpc) is 2.84. The number of rotatable bonds is 3. The highest BCUT2D eigenvalue weighted by Gasteiger charge is 2.29. The zero-order valence-electron chi connectivity index (χ0n) is 8.06. The Bertz CT molecular complexity index is 302. The van der Waals surface area contributed by atoms with Gasteiger partial charge in [0.25, 0.3) is 0 Å². The van der Waals surface area contributed by atoms with Gasteiger partial charge in [0, 0.05) is 12.0 Å². The third-order valence-electron chi connectivity index (χ3n) is 2.36. The van der Waals surface area contributed by atoms with E-state index in [-0.39, 0.29) is 6.61 Å². The van der Waals surface area contributed by atoms with E-state index in [2.05, 4.69) is 28.6 Å². The summed E-state index contributed by atoms with van der Waals surface area (Å²) >= 11 is 0. The van der Waals surface area contributed by atoms with Crippen LogP contribution in [0.15, 0.2) is 0 Å². The Hall–Kier alpha value is -0.900. The summed E-state index contributed by atoms with van der Waals surface area (Å²) in [5.41, 5.74) is 0. The summed E-state index contributed by atoms with van der Waals surface area (Å²) in [4.78, 5) is 0. The second kappa shape index (κ2) is 3.10. The van der Waals surface area contributed by atoms with Crippen molar-refractivity contribution in [2.45, 2.75) is 45.3 Å². The van der Waals surface area contributed by atoms with Crippen molar-refractivity contribution in [3.63, 3.8) is 0 Å². The molecule has 1 aromatic heterocycles. The quantitative estimate of drug-likeness (QED) is 0.763. The van der Waals surface area contributed by atoms with Gasteiger partial charge in [-0.15, -0.1) is 10.2 Å². The highest BCUT2D eigenvalue weighted by molar-refractivity contribution is 5.05. The molecule has 0 spiro atoms. The molecule has 1 aliphatic rings. The average molecular weight is 181 g/mol. The van der Waals surface area contributed by atoms with Crippen molar-refractivity contribution in [3.8, 4) is 0 Å². The third kappa shape index (κ3) is 1.46. The molecule has 0 aliphatic heterocycles. The molecule has 4 nitrogen and oxygen atoms in total. The molecule has 1 N–H and O–H groups in total. The van der Waals surface area contributed by atoms with Gasteiger partial charge in [-0.3, -0.25) is 0 Å². The monoisotopic (exact) mass is 181 g/mol. The minimum atomic E-state index is -0.00375. The fourth-order valence-corrected chi connectivity index (χ4v) is 1.57. The Morgan fingerprint density at radius 2 is 2.15 bits per heavy atom. The summed E-state index contributed by atoms with van der Waals surface area (Å²) in [6, 6.07) is 0.551. The van der Waals surface area contributed by atoms with Crippen LogP contribution in [0, 0.1) is 0 Å². The standard InChI is InChI=1S/C9H15N3O/c1-6(2)9-11-10-8(5-13)12(9)7-3-4-7/h6-7,13H,3-5H2,1-2H3. The van der Waals surface area contributed by atoms with Crippen molar-refractivity contribution in [2.24, 2.45) is 0 Å². The zero-order chi connectivity index (χ0) is 9.42. The maximum atomic E-state index is 9.07. The minimum absolute atomic E-state index is 0.00375. The topological polar surface area (TPSA) is 50.9 Å². The Morgan fingerprint density at radius 3 is 2.62 bits per heavy atom. The maximum Gasteiger partial charge on any atom is 0.159 e. The van der Waals surface area contributed by atoms with Crippen molar-refractivity contribution in [3.05, 3.63) is 11.6 Å². The van der Waals surface area contributed by atoms with Crippen LogP contribution in [0.5, 0.6) is 0 Å². The Labute approximate surface area is 77.6 Å². The number of nitrogens with zero attached hydrogens (tertiary/aromatic N) is 3. The summed E-state index contributed by atoms with van der Waals surface area (Å²) in [5, 5.41) is 17.1. The lowest BCUT2D eigenvalue weighted by Crippen LogP contribution is -2.07. The van der Waals surface area contributed by atoms with Crippen LogP contribution in [0.3, 0.4) is 0 Å². The van der Waals surface area contributed by atoms with Crippen molar-refractivity contribution < 1.29 is 5.11 Å². The highest BCUT2D eigenvalue weighted by Crippen LogP contribution is 2.37. The fraction of sp³-hybridized carbons (Fsp3) is 0.778. The molecule has 0 bridgehead atoms. The normalized spacial score (nSPS) is 16.9. The van der Waals surface area contributed by atoms with Crippen LogP contribution in [0.4, 0.5) is 0 Å². The van der Waals surface area contributed by atoms with Gasteiger partial charge < -0.3 is 9.67 Å². The smallest absolute Gasteiger partial charge is 0.159 e. The van der Waals surface area contributed by atoms with Crippen LogP contribution in [-0.4, -0.2) is 19.9 Å². The van der Waals surface area contributed by atoms with Gasteiger partial charge in [-0.05, 0) is 12.8 Å². The van der Waals surface area contributed by atoms with E-state index in [1.807, 2.05) is 0 Å². The van der Waals surface area contributed by atoms with Crippen LogP contribution in [0.1, 0.15) is 50.3 Å². The van der Waals surface area contributed by atoms with Gasteiger partial charge in [-0.25, -0.2) is 0 Å². The summed E-state index contributed by atoms with van der Waals surface area (Å²) in [5.74, 6) is 2.10. The van der Waals surface area contributed by atoms with Gasteiger partial charge in [-0.2, -0.15) is 0 Å². The van der Waals surface area contributed by atoms with Crippen molar-refractivity contribution in [1.82, 2.24) is 14.8 Å². The van der Waals surface area contributed by atoms with E-state index in [1.165, 1.54) is 12.8 Å². The molecule has 1 saturated carbocycles. The van der Waals surface area contributed by atoms with Crippen molar-refractivity contribution >= 4 is 0 Å². The summed E-state index contributed by atoms with van der Waals surface area (Å²) in [7, 11) is 0. The SMILES string of the molecule is CC(C)c1nnc(CO)n1C1CC1. The van der Waals surface area contributed by atoms with Crippen LogP contribution in [0.2, 0.25) is 0 Å². The lowest BCUT2D eigenvalue weighted by molar-refractivity contribution is 0.264. The molecule has 0 aromatic carbocycles. The van der Waals surface area contributed by atoms with E-state index >= 15 is 0 Å². The first-order chi connectivity index (χ1) is 6.24. The molecule has 1 heterocycles. The van der Waals surface area contributed by atoms with E-state index in [9.17, 15) is 0 Å². The molecule has 72 valence electrons. The van der Waals surface area contributed by atoms with Crippen LogP contribution in [0.25, 0.3) is 0 Å². The fourth-order valence-electron chi connectivity index (χ4n) is 1.57. The first-order valence-corrected chi connectivity index (χ1v) is 4.78. The van der Waals surface area contributed by atoms with E-state index in [4.69, 9.17) is 5.11 Å². The predicted octanol–water partition coefficient (Wildman–Crippen LogP) is 1.23. The molecule has 0 atom stereocenters. The van der Waals surface area contributed by atoms with E-state index in [0.717, 1.165) is 5.82 Å². The molecule has 13 heavy (non-hydrogen) atoms. The Balaban J connectivity index is 2.38. The van der Waals surface area contributed by atoms with Gasteiger partial charge in [0.15, 0.2) is 5.82 Å². The second-order valence-electron chi connectivity index (χ2n) is 3.89. The summed E-state index contributed by atoms with van der Waals surface area (Å²) < 4.78 is 2.10. The number of hydrogen-bond acceptors (Lipinski definition) is 3. The largest absolute Gasteiger partial charge is 0.388 e. The third-order valence-corrected chi connectivity index (χ3v) is 2.36. The number of hydrogen-bond donors (Lipinski definition) is 1. The molecule has 1 aromatic rings. The van der Waals surface area contributed by atoms with E-state index in [0.29, 0.717) is 17.8 Å². The molecule has 0 unspecified atom stereocenters. The van der Waals surface area contributed by atoms with Crippen molar-refractivity contribution in [1.29, 1.82) is 0 Å². The molecule has 0 radical (unpaired) electrons.